The number of carbonyl (C=O) groups is 1. The maximum absolute atomic E-state index is 13.5. The summed E-state index contributed by atoms with van der Waals surface area (Å²) in [5, 5.41) is 23.3. The number of aryl methyl sites for hydroxylation is 1. The first kappa shape index (κ1) is 29.9. The van der Waals surface area contributed by atoms with Gasteiger partial charge in [0.05, 0.1) is 17.8 Å². The Morgan fingerprint density at radius 2 is 1.87 bits per heavy atom. The molecule has 6 heterocycles. The number of ketones is 1. The second-order valence-corrected chi connectivity index (χ2v) is 12.8. The first-order chi connectivity index (χ1) is 22.3. The molecule has 2 fully saturated rings. The highest BCUT2D eigenvalue weighted by Gasteiger charge is 2.34. The van der Waals surface area contributed by atoms with Crippen LogP contribution in [0.15, 0.2) is 55.0 Å². The monoisotopic (exact) mass is 637 g/mol. The van der Waals surface area contributed by atoms with Gasteiger partial charge in [-0.1, -0.05) is 18.3 Å². The first-order valence-electron chi connectivity index (χ1n) is 15.2. The Balaban J connectivity index is 1.10. The van der Waals surface area contributed by atoms with Gasteiger partial charge in [0.15, 0.2) is 5.13 Å². The molecule has 0 unspecified atom stereocenters. The number of nitrogens with zero attached hydrogens (tertiary/aromatic N) is 8. The van der Waals surface area contributed by atoms with Crippen LogP contribution in [0.5, 0.6) is 0 Å². The van der Waals surface area contributed by atoms with Gasteiger partial charge in [0, 0.05) is 74.3 Å². The second kappa shape index (κ2) is 12.2. The van der Waals surface area contributed by atoms with Gasteiger partial charge < -0.3 is 20.2 Å². The van der Waals surface area contributed by atoms with E-state index in [9.17, 15) is 19.6 Å². The van der Waals surface area contributed by atoms with Crippen molar-refractivity contribution in [3.05, 3.63) is 71.4 Å². The van der Waals surface area contributed by atoms with Crippen molar-refractivity contribution in [3.63, 3.8) is 0 Å². The Labute approximate surface area is 269 Å². The number of aliphatic hydroxyl groups is 1. The number of nitriles is 1. The van der Waals surface area contributed by atoms with Gasteiger partial charge in [0.1, 0.15) is 39.7 Å². The average Bonchev–Trinajstić information content (AvgIpc) is 3.79. The molecule has 5 aromatic rings. The molecule has 11 nitrogen and oxygen atoms in total. The molecule has 7 rings (SSSR count). The summed E-state index contributed by atoms with van der Waals surface area (Å²) >= 11 is 1.28. The molecule has 13 heteroatoms. The van der Waals surface area contributed by atoms with Crippen LogP contribution < -0.4 is 15.1 Å². The first-order valence-corrected chi connectivity index (χ1v) is 16.1. The van der Waals surface area contributed by atoms with Crippen molar-refractivity contribution in [2.75, 3.05) is 36.5 Å². The molecule has 0 spiro atoms. The molecule has 46 heavy (non-hydrogen) atoms. The minimum Gasteiger partial charge on any atom is -0.392 e. The van der Waals surface area contributed by atoms with Crippen molar-refractivity contribution in [1.82, 2.24) is 29.7 Å². The molecule has 4 aromatic heterocycles. The molecule has 1 aromatic carbocycles. The van der Waals surface area contributed by atoms with Gasteiger partial charge in [-0.25, -0.2) is 24.3 Å². The topological polar surface area (TPSA) is 136 Å². The molecule has 234 valence electrons. The molecular formula is C33H32FN9O2S. The number of Topliss-reactive ketones (excluding diaryl/α,β-unsaturated/α-hetero) is 1. The summed E-state index contributed by atoms with van der Waals surface area (Å²) in [7, 11) is 1.91. The fourth-order valence-electron chi connectivity index (χ4n) is 6.15. The molecule has 2 N–H and O–H groups in total. The van der Waals surface area contributed by atoms with Crippen LogP contribution >= 0.6 is 11.3 Å². The van der Waals surface area contributed by atoms with E-state index < -0.39 is 6.10 Å². The summed E-state index contributed by atoms with van der Waals surface area (Å²) in [5.41, 5.74) is 4.62. The Kier molecular flexibility index (Phi) is 7.94. The van der Waals surface area contributed by atoms with Gasteiger partial charge in [0.25, 0.3) is 0 Å². The lowest BCUT2D eigenvalue weighted by molar-refractivity contribution is -0.122. The van der Waals surface area contributed by atoms with E-state index in [1.165, 1.54) is 23.5 Å². The summed E-state index contributed by atoms with van der Waals surface area (Å²) in [6, 6.07) is 11.9. The zero-order valence-electron chi connectivity index (χ0n) is 25.4. The second-order valence-electron chi connectivity index (χ2n) is 11.8. The number of anilines is 3. The van der Waals surface area contributed by atoms with Crippen LogP contribution in [0.3, 0.4) is 0 Å². The van der Waals surface area contributed by atoms with E-state index in [2.05, 4.69) is 26.3 Å². The van der Waals surface area contributed by atoms with Crippen LogP contribution in [-0.4, -0.2) is 74.1 Å². The van der Waals surface area contributed by atoms with Gasteiger partial charge in [0.2, 0.25) is 5.95 Å². The number of rotatable bonds is 9. The van der Waals surface area contributed by atoms with Gasteiger partial charge >= 0.3 is 0 Å². The lowest BCUT2D eigenvalue weighted by atomic mass is 9.91. The Morgan fingerprint density at radius 1 is 1.13 bits per heavy atom. The third-order valence-corrected chi connectivity index (χ3v) is 9.67. The van der Waals surface area contributed by atoms with Gasteiger partial charge in [-0.2, -0.15) is 5.26 Å². The number of hydrogen-bond donors (Lipinski definition) is 2. The van der Waals surface area contributed by atoms with Gasteiger partial charge in [-0.3, -0.25) is 9.20 Å². The van der Waals surface area contributed by atoms with E-state index in [1.54, 1.807) is 12.1 Å². The van der Waals surface area contributed by atoms with Crippen LogP contribution in [0.25, 0.3) is 28.0 Å². The predicted molar refractivity (Wildman–Crippen MR) is 174 cm³/mol. The van der Waals surface area contributed by atoms with E-state index >= 15 is 0 Å². The predicted octanol–water partition coefficient (Wildman–Crippen LogP) is 4.37. The van der Waals surface area contributed by atoms with Crippen LogP contribution in [0.1, 0.15) is 30.3 Å². The maximum atomic E-state index is 13.5. The van der Waals surface area contributed by atoms with E-state index in [1.807, 2.05) is 54.0 Å². The number of imidazole rings is 1. The molecule has 0 bridgehead atoms. The molecule has 0 aliphatic carbocycles. The Morgan fingerprint density at radius 3 is 2.54 bits per heavy atom. The number of thiazole rings is 1. The third-order valence-electron chi connectivity index (χ3n) is 8.64. The molecule has 2 aliphatic rings. The minimum atomic E-state index is -0.438. The highest BCUT2D eigenvalue weighted by molar-refractivity contribution is 7.16. The fourth-order valence-corrected chi connectivity index (χ4v) is 7.00. The maximum Gasteiger partial charge on any atom is 0.225 e. The smallest absolute Gasteiger partial charge is 0.225 e. The van der Waals surface area contributed by atoms with Crippen molar-refractivity contribution >= 4 is 39.7 Å². The average molecular weight is 638 g/mol. The third kappa shape index (κ3) is 5.60. The van der Waals surface area contributed by atoms with E-state index in [-0.39, 0.29) is 23.6 Å². The molecule has 0 amide bonds. The quantitative estimate of drug-likeness (QED) is 0.240. The van der Waals surface area contributed by atoms with E-state index in [0.29, 0.717) is 53.0 Å². The molecule has 2 aliphatic heterocycles. The lowest BCUT2D eigenvalue weighted by Gasteiger charge is -2.39. The molecule has 2 saturated heterocycles. The number of nitrogens with one attached hydrogen (secondary N) is 1. The Bertz CT molecular complexity index is 1940. The zero-order chi connectivity index (χ0) is 31.9. The van der Waals surface area contributed by atoms with Crippen LogP contribution in [0.2, 0.25) is 0 Å². The van der Waals surface area contributed by atoms with Crippen molar-refractivity contribution in [3.8, 4) is 28.5 Å². The number of halogens is 1. The lowest BCUT2D eigenvalue weighted by Crippen LogP contribution is -2.49. The molecule has 0 saturated carbocycles. The van der Waals surface area contributed by atoms with Gasteiger partial charge in [-0.15, -0.1) is 0 Å². The Hall–Kier alpha value is -4.77. The van der Waals surface area contributed by atoms with Crippen molar-refractivity contribution < 1.29 is 14.3 Å². The van der Waals surface area contributed by atoms with Crippen molar-refractivity contribution in [2.24, 2.45) is 5.92 Å². The number of aliphatic hydroxyl groups excluding tert-OH is 1. The highest BCUT2D eigenvalue weighted by atomic mass is 32.1. The number of carbonyl (C=O) groups excluding carboxylic acids is 1. The van der Waals surface area contributed by atoms with Crippen LogP contribution in [-0.2, 0) is 11.2 Å². The van der Waals surface area contributed by atoms with E-state index in [4.69, 9.17) is 9.97 Å². The SMILES string of the molecule is CCc1nc2ccc(-c3cnc(N4CC(CC(=O)[C@H]5C[C@H](O)CN5)C4)nc3)cn2c1N(C)c1nc(-c2ccc(F)cc2)c(C#N)s1. The van der Waals surface area contributed by atoms with Crippen LogP contribution in [0.4, 0.5) is 21.3 Å². The summed E-state index contributed by atoms with van der Waals surface area (Å²) in [6.07, 6.45) is 6.86. The summed E-state index contributed by atoms with van der Waals surface area (Å²) < 4.78 is 15.6. The summed E-state index contributed by atoms with van der Waals surface area (Å²) in [6.45, 7) is 3.98. The van der Waals surface area contributed by atoms with Crippen molar-refractivity contribution in [2.45, 2.75) is 38.3 Å². The van der Waals surface area contributed by atoms with Gasteiger partial charge in [-0.05, 0) is 49.2 Å². The fraction of sp³-hybridized carbons (Fsp3) is 0.333. The molecule has 2 atom stereocenters. The number of hydrogen-bond acceptors (Lipinski definition) is 11. The minimum absolute atomic E-state index is 0.164. The number of fused-ring (bicyclic) bond motifs is 1. The van der Waals surface area contributed by atoms with Crippen LogP contribution in [0, 0.1) is 23.1 Å². The molecular weight excluding hydrogens is 605 g/mol. The summed E-state index contributed by atoms with van der Waals surface area (Å²) in [4.78, 5) is 35.9. The number of benzene rings is 1. The highest BCUT2D eigenvalue weighted by Crippen LogP contribution is 2.37. The summed E-state index contributed by atoms with van der Waals surface area (Å²) in [5.74, 6) is 1.55. The van der Waals surface area contributed by atoms with Crippen molar-refractivity contribution in [1.29, 1.82) is 5.26 Å². The molecule has 0 radical (unpaired) electrons. The zero-order valence-corrected chi connectivity index (χ0v) is 26.2. The van der Waals surface area contributed by atoms with E-state index in [0.717, 1.165) is 41.4 Å². The largest absolute Gasteiger partial charge is 0.392 e. The number of β-amino-alcohol motifs (C(OH)–C–C–N with tert-alkyl or cyclic N) is 1. The normalized spacial score (nSPS) is 18.1. The standard InChI is InChI=1S/C33H32FN9O2S/c1-3-25-31(41(2)33-40-30(28(12-35)46-33)20-4-7-23(34)8-5-20)43-18-21(6-9-29(43)39-25)22-13-37-32(38-14-22)42-16-19(17-42)10-27(45)26-11-24(44)15-36-26/h4-9,13-14,18-19,24,26,36,44H,3,10-11,15-17H2,1-2H3/t24-,26+/m0/s1. The number of aromatic nitrogens is 5. The number of pyridine rings is 1.